The summed E-state index contributed by atoms with van der Waals surface area (Å²) in [6, 6.07) is 9.73. The van der Waals surface area contributed by atoms with Crippen molar-refractivity contribution in [3.63, 3.8) is 0 Å². The minimum absolute atomic E-state index is 0.0994. The second-order valence-corrected chi connectivity index (χ2v) is 7.59. The molecule has 1 N–H and O–H groups in total. The third-order valence-corrected chi connectivity index (χ3v) is 5.19. The number of carbonyl (C=O) groups excluding carboxylic acids is 2. The fourth-order valence-corrected chi connectivity index (χ4v) is 3.61. The van der Waals surface area contributed by atoms with Crippen LogP contribution in [0.5, 0.6) is 0 Å². The van der Waals surface area contributed by atoms with Crippen molar-refractivity contribution in [3.05, 3.63) is 59.4 Å². The molecule has 2 heterocycles. The van der Waals surface area contributed by atoms with Crippen molar-refractivity contribution in [2.45, 2.75) is 38.8 Å². The molecule has 0 aliphatic carbocycles. The molecule has 160 valence electrons. The maximum absolute atomic E-state index is 12.7. The fourth-order valence-electron chi connectivity index (χ4n) is 3.61. The summed E-state index contributed by atoms with van der Waals surface area (Å²) in [6.07, 6.45) is -1.75. The number of carbonyl (C=O) groups is 2. The van der Waals surface area contributed by atoms with Gasteiger partial charge in [0.1, 0.15) is 5.69 Å². The van der Waals surface area contributed by atoms with E-state index in [1.54, 1.807) is 11.0 Å². The number of rotatable bonds is 5. The molecular formula is C22H24F3N3O2. The van der Waals surface area contributed by atoms with Gasteiger partial charge < -0.3 is 10.2 Å². The molecule has 5 nitrogen and oxygen atoms in total. The second kappa shape index (κ2) is 9.28. The third kappa shape index (κ3) is 5.81. The van der Waals surface area contributed by atoms with Crippen molar-refractivity contribution in [1.29, 1.82) is 0 Å². The average Bonchev–Trinajstić information content (AvgIpc) is 2.72. The van der Waals surface area contributed by atoms with Crippen molar-refractivity contribution in [2.75, 3.05) is 18.4 Å². The second-order valence-electron chi connectivity index (χ2n) is 7.59. The molecule has 1 aliphatic heterocycles. The molecule has 8 heteroatoms. The van der Waals surface area contributed by atoms with Gasteiger partial charge in [-0.1, -0.05) is 6.07 Å². The lowest BCUT2D eigenvalue weighted by atomic mass is 9.93. The number of hydrogen-bond donors (Lipinski definition) is 1. The van der Waals surface area contributed by atoms with Crippen LogP contribution >= 0.6 is 0 Å². The molecule has 3 rings (SSSR count). The molecular weight excluding hydrogens is 395 g/mol. The van der Waals surface area contributed by atoms with E-state index in [2.05, 4.69) is 10.3 Å². The highest BCUT2D eigenvalue weighted by Gasteiger charge is 2.30. The number of nitrogens with one attached hydrogen (secondary N) is 1. The van der Waals surface area contributed by atoms with Gasteiger partial charge in [0.15, 0.2) is 0 Å². The number of anilines is 1. The van der Waals surface area contributed by atoms with Crippen LogP contribution < -0.4 is 5.32 Å². The first-order valence-corrected chi connectivity index (χ1v) is 9.92. The molecule has 0 bridgehead atoms. The first-order chi connectivity index (χ1) is 14.2. The zero-order valence-corrected chi connectivity index (χ0v) is 16.7. The Morgan fingerprint density at radius 1 is 1.17 bits per heavy atom. The molecule has 1 fully saturated rings. The molecule has 0 unspecified atom stereocenters. The van der Waals surface area contributed by atoms with Crippen LogP contribution in [-0.4, -0.2) is 34.8 Å². The van der Waals surface area contributed by atoms with Crippen LogP contribution in [0.25, 0.3) is 0 Å². The quantitative estimate of drug-likeness (QED) is 0.766. The van der Waals surface area contributed by atoms with Gasteiger partial charge in [0.05, 0.1) is 5.56 Å². The number of nitrogens with zero attached hydrogens (tertiary/aromatic N) is 2. The van der Waals surface area contributed by atoms with E-state index >= 15 is 0 Å². The summed E-state index contributed by atoms with van der Waals surface area (Å²) in [5.74, 6) is -0.151. The molecule has 1 aliphatic rings. The van der Waals surface area contributed by atoms with Crippen LogP contribution in [0.2, 0.25) is 0 Å². The van der Waals surface area contributed by atoms with Crippen LogP contribution in [0.1, 0.15) is 47.4 Å². The van der Waals surface area contributed by atoms with Gasteiger partial charge in [-0.15, -0.1) is 0 Å². The topological polar surface area (TPSA) is 62.3 Å². The van der Waals surface area contributed by atoms with E-state index in [4.69, 9.17) is 0 Å². The number of hydrogen-bond acceptors (Lipinski definition) is 3. The van der Waals surface area contributed by atoms with E-state index in [-0.39, 0.29) is 24.2 Å². The van der Waals surface area contributed by atoms with Crippen molar-refractivity contribution in [2.24, 2.45) is 5.92 Å². The van der Waals surface area contributed by atoms with Gasteiger partial charge in [-0.25, -0.2) is 4.98 Å². The lowest BCUT2D eigenvalue weighted by molar-refractivity contribution is -0.137. The predicted molar refractivity (Wildman–Crippen MR) is 107 cm³/mol. The van der Waals surface area contributed by atoms with E-state index in [1.807, 2.05) is 19.1 Å². The molecule has 0 spiro atoms. The van der Waals surface area contributed by atoms with E-state index in [9.17, 15) is 22.8 Å². The van der Waals surface area contributed by atoms with Crippen LogP contribution in [0.4, 0.5) is 18.9 Å². The van der Waals surface area contributed by atoms with Crippen molar-refractivity contribution in [3.8, 4) is 0 Å². The van der Waals surface area contributed by atoms with E-state index in [0.29, 0.717) is 30.9 Å². The number of benzene rings is 1. The molecule has 1 aromatic carbocycles. The van der Waals surface area contributed by atoms with Gasteiger partial charge in [-0.2, -0.15) is 13.2 Å². The third-order valence-electron chi connectivity index (χ3n) is 5.19. The number of aryl methyl sites for hydroxylation is 1. The summed E-state index contributed by atoms with van der Waals surface area (Å²) in [6.45, 7) is 3.08. The van der Waals surface area contributed by atoms with Crippen molar-refractivity contribution < 1.29 is 22.8 Å². The zero-order chi connectivity index (χ0) is 21.7. The van der Waals surface area contributed by atoms with Gasteiger partial charge in [-0.3, -0.25) is 9.59 Å². The Balaban J connectivity index is 1.49. The first-order valence-electron chi connectivity index (χ1n) is 9.92. The lowest BCUT2D eigenvalue weighted by Gasteiger charge is -2.32. The van der Waals surface area contributed by atoms with Crippen LogP contribution in [0.15, 0.2) is 42.5 Å². The molecule has 2 amide bonds. The predicted octanol–water partition coefficient (Wildman–Crippen LogP) is 4.68. The number of halogens is 3. The Labute approximate surface area is 173 Å². The summed E-state index contributed by atoms with van der Waals surface area (Å²) >= 11 is 0. The summed E-state index contributed by atoms with van der Waals surface area (Å²) in [5.41, 5.74) is 0.791. The summed E-state index contributed by atoms with van der Waals surface area (Å²) in [5, 5.41) is 2.63. The Hall–Kier alpha value is -2.90. The number of aromatic nitrogens is 1. The number of amides is 2. The van der Waals surface area contributed by atoms with Crippen LogP contribution in [-0.2, 0) is 11.0 Å². The molecule has 30 heavy (non-hydrogen) atoms. The highest BCUT2D eigenvalue weighted by molar-refractivity contribution is 5.92. The summed E-state index contributed by atoms with van der Waals surface area (Å²) < 4.78 is 37.8. The van der Waals surface area contributed by atoms with E-state index in [1.165, 1.54) is 12.1 Å². The summed E-state index contributed by atoms with van der Waals surface area (Å²) in [7, 11) is 0. The number of alkyl halides is 3. The van der Waals surface area contributed by atoms with Crippen LogP contribution in [0.3, 0.4) is 0 Å². The Bertz CT molecular complexity index is 897. The van der Waals surface area contributed by atoms with E-state index in [0.717, 1.165) is 30.7 Å². The average molecular weight is 419 g/mol. The first kappa shape index (κ1) is 21.8. The Morgan fingerprint density at radius 2 is 1.90 bits per heavy atom. The normalized spacial score (nSPS) is 16.9. The van der Waals surface area contributed by atoms with E-state index < -0.39 is 11.7 Å². The van der Waals surface area contributed by atoms with Crippen molar-refractivity contribution >= 4 is 17.5 Å². The number of pyridine rings is 1. The largest absolute Gasteiger partial charge is 0.416 e. The Kier molecular flexibility index (Phi) is 6.74. The SMILES string of the molecule is Cc1cccc(C(=O)N2CCC[C@H](CCC(=O)Nc3ccc(C(F)(F)F)cc3)C2)n1. The van der Waals surface area contributed by atoms with Gasteiger partial charge >= 0.3 is 6.18 Å². The maximum atomic E-state index is 12.7. The minimum Gasteiger partial charge on any atom is -0.337 e. The highest BCUT2D eigenvalue weighted by atomic mass is 19.4. The minimum atomic E-state index is -4.40. The molecule has 1 atom stereocenters. The standard InChI is InChI=1S/C22H24F3N3O2/c1-15-4-2-6-19(26-15)21(30)28-13-3-5-16(14-28)7-12-20(29)27-18-10-8-17(9-11-18)22(23,24)25/h2,4,6,8-11,16H,3,5,7,12-14H2,1H3,(H,27,29)/t16-/m1/s1. The smallest absolute Gasteiger partial charge is 0.337 e. The Morgan fingerprint density at radius 3 is 2.57 bits per heavy atom. The van der Waals surface area contributed by atoms with Gasteiger partial charge in [0.2, 0.25) is 5.91 Å². The molecule has 1 aromatic heterocycles. The van der Waals surface area contributed by atoms with Crippen LogP contribution in [0, 0.1) is 12.8 Å². The zero-order valence-electron chi connectivity index (χ0n) is 16.7. The van der Waals surface area contributed by atoms with Crippen molar-refractivity contribution in [1.82, 2.24) is 9.88 Å². The lowest BCUT2D eigenvalue weighted by Crippen LogP contribution is -2.40. The molecule has 0 saturated carbocycles. The number of piperidine rings is 1. The van der Waals surface area contributed by atoms with Gasteiger partial charge in [0, 0.05) is 30.9 Å². The van der Waals surface area contributed by atoms with Gasteiger partial charge in [0.25, 0.3) is 5.91 Å². The molecule has 2 aromatic rings. The van der Waals surface area contributed by atoms with Gasteiger partial charge in [-0.05, 0) is 68.5 Å². The molecule has 1 saturated heterocycles. The monoisotopic (exact) mass is 419 g/mol. The molecule has 0 radical (unpaired) electrons. The highest BCUT2D eigenvalue weighted by Crippen LogP contribution is 2.30. The maximum Gasteiger partial charge on any atom is 0.416 e. The fraction of sp³-hybridized carbons (Fsp3) is 0.409. The summed E-state index contributed by atoms with van der Waals surface area (Å²) in [4.78, 5) is 30.9. The number of likely N-dealkylation sites (tertiary alicyclic amines) is 1.